The van der Waals surface area contributed by atoms with Gasteiger partial charge in [-0.25, -0.2) is 4.79 Å². The van der Waals surface area contributed by atoms with Gasteiger partial charge >= 0.3 is 5.97 Å². The van der Waals surface area contributed by atoms with Crippen molar-refractivity contribution in [2.24, 2.45) is 0 Å². The normalized spacial score (nSPS) is 10.2. The Morgan fingerprint density at radius 3 is 2.58 bits per heavy atom. The zero-order valence-corrected chi connectivity index (χ0v) is 12.3. The minimum absolute atomic E-state index is 0.117. The van der Waals surface area contributed by atoms with E-state index in [-0.39, 0.29) is 11.5 Å². The van der Waals surface area contributed by atoms with Crippen molar-refractivity contribution >= 4 is 44.8 Å². The van der Waals surface area contributed by atoms with Crippen LogP contribution in [0.2, 0.25) is 0 Å². The Kier molecular flexibility index (Phi) is 4.01. The molecule has 0 saturated carbocycles. The second-order valence-electron chi connectivity index (χ2n) is 3.96. The molecule has 0 unspecified atom stereocenters. The number of carboxylic acids is 1. The minimum atomic E-state index is -1.04. The van der Waals surface area contributed by atoms with Gasteiger partial charge in [-0.1, -0.05) is 15.9 Å². The predicted molar refractivity (Wildman–Crippen MR) is 78.1 cm³/mol. The fourth-order valence-corrected chi connectivity index (χ4v) is 2.90. The average Bonchev–Trinajstić information content (AvgIpc) is 2.74. The Labute approximate surface area is 122 Å². The number of nitrogens with one attached hydrogen (secondary N) is 1. The number of hydrogen-bond acceptors (Lipinski definition) is 3. The monoisotopic (exact) mass is 339 g/mol. The van der Waals surface area contributed by atoms with E-state index >= 15 is 0 Å². The summed E-state index contributed by atoms with van der Waals surface area (Å²) in [6.45, 7) is 1.86. The Morgan fingerprint density at radius 2 is 2.00 bits per heavy atom. The summed E-state index contributed by atoms with van der Waals surface area (Å²) in [6, 6.07) is 4.56. The molecule has 4 nitrogen and oxygen atoms in total. The molecule has 0 atom stereocenters. The van der Waals surface area contributed by atoms with Gasteiger partial charge in [0.25, 0.3) is 5.91 Å². The fourth-order valence-electron chi connectivity index (χ4n) is 1.58. The number of hydrogen-bond donors (Lipinski definition) is 2. The van der Waals surface area contributed by atoms with E-state index in [0.717, 1.165) is 5.56 Å². The Balaban J connectivity index is 2.26. The Hall–Kier alpha value is -1.66. The molecule has 6 heteroatoms. The summed E-state index contributed by atoms with van der Waals surface area (Å²) in [5, 5.41) is 15.3. The van der Waals surface area contributed by atoms with Crippen LogP contribution in [0.5, 0.6) is 0 Å². The maximum Gasteiger partial charge on any atom is 0.335 e. The molecule has 0 aliphatic rings. The first-order valence-electron chi connectivity index (χ1n) is 5.35. The third kappa shape index (κ3) is 3.21. The van der Waals surface area contributed by atoms with Crippen LogP contribution in [0.4, 0.5) is 5.69 Å². The zero-order valence-electron chi connectivity index (χ0n) is 9.94. The summed E-state index contributed by atoms with van der Waals surface area (Å²) in [5.41, 5.74) is 2.06. The molecular weight excluding hydrogens is 330 g/mol. The van der Waals surface area contributed by atoms with E-state index in [1.807, 2.05) is 12.3 Å². The van der Waals surface area contributed by atoms with E-state index in [1.54, 1.807) is 11.4 Å². The maximum absolute atomic E-state index is 12.0. The van der Waals surface area contributed by atoms with Crippen molar-refractivity contribution in [1.82, 2.24) is 0 Å². The lowest BCUT2D eigenvalue weighted by Gasteiger charge is -2.07. The number of carboxylic acid groups (broad SMARTS) is 1. The van der Waals surface area contributed by atoms with Gasteiger partial charge in [0.2, 0.25) is 0 Å². The Bertz CT molecular complexity index is 651. The van der Waals surface area contributed by atoms with Gasteiger partial charge < -0.3 is 10.4 Å². The lowest BCUT2D eigenvalue weighted by molar-refractivity contribution is 0.0696. The molecule has 19 heavy (non-hydrogen) atoms. The van der Waals surface area contributed by atoms with Crippen molar-refractivity contribution in [3.05, 3.63) is 50.1 Å². The number of thiophene rings is 1. The molecule has 2 N–H and O–H groups in total. The number of carbonyl (C=O) groups excluding carboxylic acids is 1. The molecule has 1 heterocycles. The van der Waals surface area contributed by atoms with E-state index < -0.39 is 5.97 Å². The topological polar surface area (TPSA) is 66.4 Å². The smallest absolute Gasteiger partial charge is 0.335 e. The van der Waals surface area contributed by atoms with Crippen LogP contribution in [-0.4, -0.2) is 17.0 Å². The van der Waals surface area contributed by atoms with Crippen LogP contribution in [0.25, 0.3) is 0 Å². The molecule has 0 aliphatic heterocycles. The van der Waals surface area contributed by atoms with Crippen LogP contribution in [0.3, 0.4) is 0 Å². The number of anilines is 1. The van der Waals surface area contributed by atoms with Gasteiger partial charge in [-0.05, 0) is 36.1 Å². The van der Waals surface area contributed by atoms with E-state index in [9.17, 15) is 9.59 Å². The molecule has 2 aromatic rings. The van der Waals surface area contributed by atoms with E-state index in [1.165, 1.54) is 23.5 Å². The molecule has 0 fully saturated rings. The molecule has 2 rings (SSSR count). The van der Waals surface area contributed by atoms with Crippen LogP contribution in [0.15, 0.2) is 33.4 Å². The van der Waals surface area contributed by atoms with Gasteiger partial charge in [0, 0.05) is 15.5 Å². The van der Waals surface area contributed by atoms with Gasteiger partial charge in [0.15, 0.2) is 0 Å². The van der Waals surface area contributed by atoms with Crippen molar-refractivity contribution in [3.8, 4) is 0 Å². The second-order valence-corrected chi connectivity index (χ2v) is 5.62. The van der Waals surface area contributed by atoms with Gasteiger partial charge in [0.05, 0.1) is 11.1 Å². The number of benzene rings is 1. The SMILES string of the molecule is Cc1cscc1C(=O)Nc1cc(Br)cc(C(=O)O)c1. The maximum atomic E-state index is 12.0. The quantitative estimate of drug-likeness (QED) is 0.894. The summed E-state index contributed by atoms with van der Waals surface area (Å²) in [5.74, 6) is -1.28. The largest absolute Gasteiger partial charge is 0.478 e. The number of carbonyl (C=O) groups is 2. The number of aromatic carboxylic acids is 1. The standard InChI is InChI=1S/C13H10BrNO3S/c1-7-5-19-6-11(7)12(16)15-10-3-8(13(17)18)2-9(14)4-10/h2-6H,1H3,(H,15,16)(H,17,18). The molecule has 1 amide bonds. The van der Waals surface area contributed by atoms with E-state index in [0.29, 0.717) is 15.7 Å². The average molecular weight is 340 g/mol. The highest BCUT2D eigenvalue weighted by Gasteiger charge is 2.12. The fraction of sp³-hybridized carbons (Fsp3) is 0.0769. The summed E-state index contributed by atoms with van der Waals surface area (Å²) < 4.78 is 0.602. The third-order valence-corrected chi connectivity index (χ3v) is 3.82. The van der Waals surface area contributed by atoms with Crippen molar-refractivity contribution < 1.29 is 14.7 Å². The highest BCUT2D eigenvalue weighted by Crippen LogP contribution is 2.21. The minimum Gasteiger partial charge on any atom is -0.478 e. The highest BCUT2D eigenvalue weighted by molar-refractivity contribution is 9.10. The van der Waals surface area contributed by atoms with Gasteiger partial charge in [-0.2, -0.15) is 11.3 Å². The highest BCUT2D eigenvalue weighted by atomic mass is 79.9. The molecule has 0 spiro atoms. The molecule has 0 radical (unpaired) electrons. The first-order chi connectivity index (χ1) is 8.97. The summed E-state index contributed by atoms with van der Waals surface area (Å²) in [4.78, 5) is 23.0. The van der Waals surface area contributed by atoms with Crippen molar-refractivity contribution in [2.45, 2.75) is 6.92 Å². The van der Waals surface area contributed by atoms with Crippen LogP contribution in [-0.2, 0) is 0 Å². The lowest BCUT2D eigenvalue weighted by atomic mass is 10.2. The van der Waals surface area contributed by atoms with E-state index in [2.05, 4.69) is 21.2 Å². The summed E-state index contributed by atoms with van der Waals surface area (Å²) in [6.07, 6.45) is 0. The molecular formula is C13H10BrNO3S. The molecule has 0 bridgehead atoms. The van der Waals surface area contributed by atoms with Crippen LogP contribution in [0, 0.1) is 6.92 Å². The molecule has 0 aliphatic carbocycles. The number of amides is 1. The second kappa shape index (κ2) is 5.54. The van der Waals surface area contributed by atoms with Crippen molar-refractivity contribution in [2.75, 3.05) is 5.32 Å². The third-order valence-electron chi connectivity index (χ3n) is 2.50. The summed E-state index contributed by atoms with van der Waals surface area (Å²) >= 11 is 4.67. The first kappa shape index (κ1) is 13.8. The predicted octanol–water partition coefficient (Wildman–Crippen LogP) is 3.77. The molecule has 98 valence electrons. The van der Waals surface area contributed by atoms with Crippen LogP contribution < -0.4 is 5.32 Å². The van der Waals surface area contributed by atoms with Gasteiger partial charge in [-0.15, -0.1) is 0 Å². The number of aryl methyl sites for hydroxylation is 1. The van der Waals surface area contributed by atoms with Crippen molar-refractivity contribution in [1.29, 1.82) is 0 Å². The summed E-state index contributed by atoms with van der Waals surface area (Å²) in [7, 11) is 0. The van der Waals surface area contributed by atoms with Gasteiger partial charge in [0.1, 0.15) is 0 Å². The first-order valence-corrected chi connectivity index (χ1v) is 7.09. The lowest BCUT2D eigenvalue weighted by Crippen LogP contribution is -2.12. The van der Waals surface area contributed by atoms with Crippen molar-refractivity contribution in [3.63, 3.8) is 0 Å². The molecule has 0 saturated heterocycles. The van der Waals surface area contributed by atoms with Crippen LogP contribution in [0.1, 0.15) is 26.3 Å². The zero-order chi connectivity index (χ0) is 14.0. The van der Waals surface area contributed by atoms with E-state index in [4.69, 9.17) is 5.11 Å². The molecule has 1 aromatic carbocycles. The van der Waals surface area contributed by atoms with Gasteiger partial charge in [-0.3, -0.25) is 4.79 Å². The number of halogens is 1. The van der Waals surface area contributed by atoms with Crippen LogP contribution >= 0.6 is 27.3 Å². The number of rotatable bonds is 3. The molecule has 1 aromatic heterocycles. The Morgan fingerprint density at radius 1 is 1.26 bits per heavy atom.